The molecule has 2 unspecified atom stereocenters. The second kappa shape index (κ2) is 6.53. The van der Waals surface area contributed by atoms with E-state index in [1.54, 1.807) is 7.05 Å². The molecule has 114 valence electrons. The van der Waals surface area contributed by atoms with E-state index >= 15 is 0 Å². The molecule has 0 aromatic rings. The van der Waals surface area contributed by atoms with E-state index in [0.29, 0.717) is 0 Å². The van der Waals surface area contributed by atoms with Gasteiger partial charge in [0.15, 0.2) is 0 Å². The highest BCUT2D eigenvalue weighted by Crippen LogP contribution is 2.81. The van der Waals surface area contributed by atoms with Crippen LogP contribution in [0.3, 0.4) is 0 Å². The zero-order chi connectivity index (χ0) is 16.2. The average Bonchev–Trinajstić information content (AvgIpc) is 2.77. The van der Waals surface area contributed by atoms with E-state index < -0.39 is 10.8 Å². The third-order valence-corrected chi connectivity index (χ3v) is 4.90. The number of fused-ring (bicyclic) bond motifs is 1. The van der Waals surface area contributed by atoms with Gasteiger partial charge in [0.1, 0.15) is 0 Å². The number of likely N-dealkylation sites (tertiary alicyclic amines) is 1. The Morgan fingerprint density at radius 3 is 1.05 bits per heavy atom. The van der Waals surface area contributed by atoms with Crippen molar-refractivity contribution in [3.8, 4) is 0 Å². The third-order valence-electron chi connectivity index (χ3n) is 4.90. The van der Waals surface area contributed by atoms with Gasteiger partial charge in [-0.3, -0.25) is 14.5 Å². The maximum atomic E-state index is 11.8. The highest BCUT2D eigenvalue weighted by Gasteiger charge is 2.89. The fourth-order valence-electron chi connectivity index (χ4n) is 3.07. The van der Waals surface area contributed by atoms with Gasteiger partial charge in [-0.15, -0.1) is 0 Å². The Morgan fingerprint density at radius 2 is 0.895 bits per heavy atom. The van der Waals surface area contributed by atoms with Crippen LogP contribution in [0.15, 0.2) is 0 Å². The second-order valence-electron chi connectivity index (χ2n) is 5.04. The van der Waals surface area contributed by atoms with Gasteiger partial charge >= 0.3 is 0 Å². The molecule has 0 radical (unpaired) electrons. The van der Waals surface area contributed by atoms with Crippen molar-refractivity contribution in [1.29, 1.82) is 0 Å². The van der Waals surface area contributed by atoms with Gasteiger partial charge in [0.2, 0.25) is 11.8 Å². The van der Waals surface area contributed by atoms with Crippen LogP contribution in [0.2, 0.25) is 0 Å². The van der Waals surface area contributed by atoms with Crippen LogP contribution >= 0.6 is 0 Å². The standard InChI is InChI=1S/C10H15NO2.3C2H6/c1-8(2)9(3)6(12)11(5)7(13)10(8,9)4;3*1-2/h1-5H3;3*1-2H3. The van der Waals surface area contributed by atoms with E-state index in [4.69, 9.17) is 0 Å². The van der Waals surface area contributed by atoms with Crippen molar-refractivity contribution < 1.29 is 9.59 Å². The Bertz CT molecular complexity index is 306. The lowest BCUT2D eigenvalue weighted by atomic mass is 9.96. The van der Waals surface area contributed by atoms with Crippen LogP contribution in [-0.4, -0.2) is 23.8 Å². The van der Waals surface area contributed by atoms with Gasteiger partial charge in [-0.1, -0.05) is 55.4 Å². The zero-order valence-electron chi connectivity index (χ0n) is 14.8. The zero-order valence-corrected chi connectivity index (χ0v) is 14.8. The molecule has 1 aliphatic carbocycles. The van der Waals surface area contributed by atoms with Crippen LogP contribution in [0.25, 0.3) is 0 Å². The lowest BCUT2D eigenvalue weighted by molar-refractivity contribution is -0.144. The molecule has 0 N–H and O–H groups in total. The van der Waals surface area contributed by atoms with Crippen molar-refractivity contribution in [3.05, 3.63) is 0 Å². The number of hydrogen-bond donors (Lipinski definition) is 0. The molecular formula is C16H33NO2. The average molecular weight is 271 g/mol. The van der Waals surface area contributed by atoms with Gasteiger partial charge in [0, 0.05) is 7.05 Å². The summed E-state index contributed by atoms with van der Waals surface area (Å²) < 4.78 is 0. The van der Waals surface area contributed by atoms with E-state index in [2.05, 4.69) is 0 Å². The van der Waals surface area contributed by atoms with Gasteiger partial charge in [-0.2, -0.15) is 0 Å². The lowest BCUT2D eigenvalue weighted by Crippen LogP contribution is -2.36. The smallest absolute Gasteiger partial charge is 0.236 e. The van der Waals surface area contributed by atoms with Crippen molar-refractivity contribution in [2.45, 2.75) is 69.2 Å². The number of nitrogens with zero attached hydrogens (tertiary/aromatic N) is 1. The van der Waals surface area contributed by atoms with Crippen LogP contribution in [0.5, 0.6) is 0 Å². The van der Waals surface area contributed by atoms with Crippen molar-refractivity contribution in [2.75, 3.05) is 7.05 Å². The quantitative estimate of drug-likeness (QED) is 0.622. The molecule has 1 saturated carbocycles. The SMILES string of the molecule is CC.CC.CC.CN1C(=O)C2(C)C(C)(C)C2(C)C1=O. The minimum atomic E-state index is -0.466. The first-order valence-corrected chi connectivity index (χ1v) is 7.55. The third kappa shape index (κ3) is 2.02. The topological polar surface area (TPSA) is 37.4 Å². The van der Waals surface area contributed by atoms with E-state index in [1.165, 1.54) is 4.90 Å². The second-order valence-corrected chi connectivity index (χ2v) is 5.04. The van der Waals surface area contributed by atoms with E-state index in [9.17, 15) is 9.59 Å². The van der Waals surface area contributed by atoms with Gasteiger partial charge in [0.05, 0.1) is 10.8 Å². The summed E-state index contributed by atoms with van der Waals surface area (Å²) in [5.74, 6) is -0.0463. The summed E-state index contributed by atoms with van der Waals surface area (Å²) in [5, 5.41) is 0. The lowest BCUT2D eigenvalue weighted by Gasteiger charge is -2.20. The summed E-state index contributed by atoms with van der Waals surface area (Å²) in [6.07, 6.45) is 0. The molecule has 3 nitrogen and oxygen atoms in total. The molecule has 19 heavy (non-hydrogen) atoms. The number of carbonyl (C=O) groups is 2. The minimum absolute atomic E-state index is 0.0231. The fourth-order valence-corrected chi connectivity index (χ4v) is 3.07. The number of amides is 2. The fraction of sp³-hybridized carbons (Fsp3) is 0.875. The maximum Gasteiger partial charge on any atom is 0.236 e. The van der Waals surface area contributed by atoms with Crippen LogP contribution in [-0.2, 0) is 9.59 Å². The molecule has 0 spiro atoms. The number of hydrogen-bond acceptors (Lipinski definition) is 2. The van der Waals surface area contributed by atoms with Gasteiger partial charge in [0.25, 0.3) is 0 Å². The van der Waals surface area contributed by atoms with Crippen LogP contribution in [0, 0.1) is 16.2 Å². The van der Waals surface area contributed by atoms with Crippen molar-refractivity contribution >= 4 is 11.8 Å². The largest absolute Gasteiger partial charge is 0.285 e. The number of imide groups is 1. The summed E-state index contributed by atoms with van der Waals surface area (Å²) in [6, 6.07) is 0. The minimum Gasteiger partial charge on any atom is -0.285 e. The summed E-state index contributed by atoms with van der Waals surface area (Å²) >= 11 is 0. The number of carbonyl (C=O) groups excluding carboxylic acids is 2. The highest BCUT2D eigenvalue weighted by molar-refractivity contribution is 6.15. The molecule has 2 fully saturated rings. The normalized spacial score (nSPS) is 32.9. The molecule has 2 aliphatic rings. The summed E-state index contributed by atoms with van der Waals surface area (Å²) in [5.41, 5.74) is -1.11. The number of piperidine rings is 1. The Morgan fingerprint density at radius 1 is 0.684 bits per heavy atom. The van der Waals surface area contributed by atoms with Crippen molar-refractivity contribution in [2.24, 2.45) is 16.2 Å². The van der Waals surface area contributed by atoms with Gasteiger partial charge in [-0.05, 0) is 19.3 Å². The summed E-state index contributed by atoms with van der Waals surface area (Å²) in [7, 11) is 1.57. The number of rotatable bonds is 0. The molecular weight excluding hydrogens is 238 g/mol. The summed E-state index contributed by atoms with van der Waals surface area (Å²) in [4.78, 5) is 24.9. The monoisotopic (exact) mass is 271 g/mol. The van der Waals surface area contributed by atoms with E-state index in [0.717, 1.165) is 0 Å². The Hall–Kier alpha value is -0.860. The van der Waals surface area contributed by atoms with E-state index in [-0.39, 0.29) is 17.2 Å². The van der Waals surface area contributed by atoms with Gasteiger partial charge in [-0.25, -0.2) is 0 Å². The summed E-state index contributed by atoms with van der Waals surface area (Å²) in [6.45, 7) is 19.8. The van der Waals surface area contributed by atoms with E-state index in [1.807, 2.05) is 69.2 Å². The Labute approximate surface area is 119 Å². The molecule has 0 bridgehead atoms. The molecule has 1 aliphatic heterocycles. The Kier molecular flexibility index (Phi) is 7.04. The van der Waals surface area contributed by atoms with Gasteiger partial charge < -0.3 is 0 Å². The molecule has 3 heteroatoms. The molecule has 2 amide bonds. The first kappa shape index (κ1) is 20.5. The van der Waals surface area contributed by atoms with Crippen LogP contribution < -0.4 is 0 Å². The predicted molar refractivity (Wildman–Crippen MR) is 81.8 cm³/mol. The predicted octanol–water partition coefficient (Wildman–Crippen LogP) is 4.12. The van der Waals surface area contributed by atoms with Crippen LogP contribution in [0.4, 0.5) is 0 Å². The molecule has 2 atom stereocenters. The molecule has 0 aromatic heterocycles. The molecule has 0 aromatic carbocycles. The van der Waals surface area contributed by atoms with Crippen molar-refractivity contribution in [1.82, 2.24) is 4.90 Å². The maximum absolute atomic E-state index is 11.8. The van der Waals surface area contributed by atoms with Crippen LogP contribution in [0.1, 0.15) is 69.2 Å². The first-order chi connectivity index (χ1) is 8.73. The Balaban J connectivity index is 0. The van der Waals surface area contributed by atoms with Crippen molar-refractivity contribution in [3.63, 3.8) is 0 Å². The molecule has 2 rings (SSSR count). The molecule has 1 saturated heterocycles. The molecule has 1 heterocycles. The first-order valence-electron chi connectivity index (χ1n) is 7.55. The highest BCUT2D eigenvalue weighted by atomic mass is 16.2.